The third-order valence-electron chi connectivity index (χ3n) is 3.88. The molecule has 3 rings (SSSR count). The molecule has 2 aromatic carbocycles. The summed E-state index contributed by atoms with van der Waals surface area (Å²) < 4.78 is 10.3. The number of H-pyrrole nitrogens is 1. The Kier molecular flexibility index (Phi) is 5.82. The van der Waals surface area contributed by atoms with E-state index < -0.39 is 18.3 Å². The fourth-order valence-corrected chi connectivity index (χ4v) is 2.55. The predicted molar refractivity (Wildman–Crippen MR) is 104 cm³/mol. The van der Waals surface area contributed by atoms with Gasteiger partial charge in [-0.1, -0.05) is 23.7 Å². The number of ether oxygens (including phenoxy) is 2. The van der Waals surface area contributed by atoms with Gasteiger partial charge in [0, 0.05) is 5.02 Å². The maximum Gasteiger partial charge on any atom is 0.344 e. The average molecular weight is 398 g/mol. The molecule has 0 aliphatic heterocycles. The summed E-state index contributed by atoms with van der Waals surface area (Å²) in [6.45, 7) is 1.00. The van der Waals surface area contributed by atoms with Crippen molar-refractivity contribution in [2.45, 2.75) is 6.92 Å². The number of rotatable bonds is 6. The van der Waals surface area contributed by atoms with Gasteiger partial charge in [-0.15, -0.1) is 0 Å². The highest BCUT2D eigenvalue weighted by Crippen LogP contribution is 2.21. The van der Waals surface area contributed by atoms with Gasteiger partial charge in [0.15, 0.2) is 18.2 Å². The van der Waals surface area contributed by atoms with Crippen LogP contribution < -0.4 is 4.74 Å². The van der Waals surface area contributed by atoms with Gasteiger partial charge in [-0.25, -0.2) is 9.78 Å². The van der Waals surface area contributed by atoms with Crippen LogP contribution in [-0.2, 0) is 9.53 Å². The number of carbonyl (C=O) groups excluding carboxylic acids is 1. The molecule has 0 spiro atoms. The fraction of sp³-hybridized carbons (Fsp3) is 0.150. The normalized spacial score (nSPS) is 11.6. The standard InChI is InChI=1S/C20H16ClN3O4/c1-12-8-13(6-7-15(12)21)27-11-19(26)28-10-18(25)14(9-22)20-23-16-4-2-3-5-17(16)24-20/h2-8,25H,10-11H2,1H3,(H,23,24)/b18-14+. The first-order valence-electron chi connectivity index (χ1n) is 8.30. The van der Waals surface area contributed by atoms with Gasteiger partial charge in [-0.05, 0) is 42.8 Å². The van der Waals surface area contributed by atoms with Crippen LogP contribution in [-0.4, -0.2) is 34.3 Å². The highest BCUT2D eigenvalue weighted by Gasteiger charge is 2.15. The number of aliphatic hydroxyl groups excluding tert-OH is 1. The van der Waals surface area contributed by atoms with Crippen LogP contribution in [0.1, 0.15) is 11.4 Å². The van der Waals surface area contributed by atoms with Gasteiger partial charge in [0.2, 0.25) is 0 Å². The SMILES string of the molecule is Cc1cc(OCC(=O)OC/C(O)=C(/C#N)c2nc3ccccc3[nH]2)ccc1Cl. The van der Waals surface area contributed by atoms with Crippen LogP contribution in [0.15, 0.2) is 48.2 Å². The molecule has 0 unspecified atom stereocenters. The number of hydrogen-bond donors (Lipinski definition) is 2. The number of benzene rings is 2. The number of aryl methyl sites for hydroxylation is 1. The lowest BCUT2D eigenvalue weighted by atomic mass is 10.2. The van der Waals surface area contributed by atoms with Crippen molar-refractivity contribution in [1.82, 2.24) is 9.97 Å². The predicted octanol–water partition coefficient (Wildman–Crippen LogP) is 3.94. The molecule has 0 radical (unpaired) electrons. The first-order chi connectivity index (χ1) is 13.5. The number of carbonyl (C=O) groups is 1. The monoisotopic (exact) mass is 397 g/mol. The number of aliphatic hydroxyl groups is 1. The highest BCUT2D eigenvalue weighted by molar-refractivity contribution is 6.31. The summed E-state index contributed by atoms with van der Waals surface area (Å²) in [4.78, 5) is 19.0. The number of nitriles is 1. The van der Waals surface area contributed by atoms with Crippen molar-refractivity contribution in [3.8, 4) is 11.8 Å². The number of halogens is 1. The number of esters is 1. The van der Waals surface area contributed by atoms with E-state index in [0.29, 0.717) is 16.3 Å². The molecule has 2 N–H and O–H groups in total. The Morgan fingerprint density at radius 3 is 2.79 bits per heavy atom. The summed E-state index contributed by atoms with van der Waals surface area (Å²) in [6, 6.07) is 14.1. The molecule has 142 valence electrons. The van der Waals surface area contributed by atoms with Crippen LogP contribution in [0.2, 0.25) is 5.02 Å². The Labute approximate surface area is 165 Å². The fourth-order valence-electron chi connectivity index (χ4n) is 2.44. The van der Waals surface area contributed by atoms with E-state index in [0.717, 1.165) is 11.1 Å². The summed E-state index contributed by atoms with van der Waals surface area (Å²) in [5.41, 5.74) is 2.10. The van der Waals surface area contributed by atoms with Crippen molar-refractivity contribution in [2.75, 3.05) is 13.2 Å². The van der Waals surface area contributed by atoms with Gasteiger partial charge in [0.1, 0.15) is 24.0 Å². The molecule has 0 atom stereocenters. The first-order valence-corrected chi connectivity index (χ1v) is 8.67. The van der Waals surface area contributed by atoms with Gasteiger partial charge in [0.25, 0.3) is 0 Å². The summed E-state index contributed by atoms with van der Waals surface area (Å²) in [6.07, 6.45) is 0. The molecule has 3 aromatic rings. The maximum absolute atomic E-state index is 11.8. The Hall–Kier alpha value is -3.50. The van der Waals surface area contributed by atoms with Crippen LogP contribution in [0.5, 0.6) is 5.75 Å². The van der Waals surface area contributed by atoms with Crippen LogP contribution in [0, 0.1) is 18.3 Å². The second-order valence-corrected chi connectivity index (χ2v) is 6.30. The van der Waals surface area contributed by atoms with Crippen molar-refractivity contribution in [2.24, 2.45) is 0 Å². The van der Waals surface area contributed by atoms with Gasteiger partial charge in [-0.3, -0.25) is 0 Å². The third kappa shape index (κ3) is 4.42. The topological polar surface area (TPSA) is 108 Å². The molecule has 0 saturated heterocycles. The Morgan fingerprint density at radius 2 is 2.07 bits per heavy atom. The molecule has 7 nitrogen and oxygen atoms in total. The highest BCUT2D eigenvalue weighted by atomic mass is 35.5. The van der Waals surface area contributed by atoms with E-state index in [1.807, 2.05) is 25.1 Å². The molecule has 0 amide bonds. The lowest BCUT2D eigenvalue weighted by Gasteiger charge is -2.08. The lowest BCUT2D eigenvalue weighted by molar-refractivity contribution is -0.145. The smallest absolute Gasteiger partial charge is 0.344 e. The number of allylic oxidation sites excluding steroid dienone is 1. The van der Waals surface area contributed by atoms with Gasteiger partial charge in [-0.2, -0.15) is 5.26 Å². The minimum Gasteiger partial charge on any atom is -0.507 e. The number of fused-ring (bicyclic) bond motifs is 1. The summed E-state index contributed by atoms with van der Waals surface area (Å²) in [7, 11) is 0. The first kappa shape index (κ1) is 19.3. The molecule has 8 heteroatoms. The number of para-hydroxylation sites is 2. The largest absolute Gasteiger partial charge is 0.507 e. The van der Waals surface area contributed by atoms with E-state index in [9.17, 15) is 15.2 Å². The van der Waals surface area contributed by atoms with E-state index in [1.54, 1.807) is 30.3 Å². The molecule has 1 aromatic heterocycles. The zero-order valence-corrected chi connectivity index (χ0v) is 15.7. The number of imidazole rings is 1. The Balaban J connectivity index is 1.62. The quantitative estimate of drug-likeness (QED) is 0.370. The minimum absolute atomic E-state index is 0.0988. The molecular weight excluding hydrogens is 382 g/mol. The number of aromatic nitrogens is 2. The lowest BCUT2D eigenvalue weighted by Crippen LogP contribution is -2.16. The number of aromatic amines is 1. The van der Waals surface area contributed by atoms with Crippen LogP contribution in [0.4, 0.5) is 0 Å². The van der Waals surface area contributed by atoms with E-state index in [-0.39, 0.29) is 18.0 Å². The molecule has 0 bridgehead atoms. The molecule has 0 aliphatic carbocycles. The van der Waals surface area contributed by atoms with E-state index >= 15 is 0 Å². The van der Waals surface area contributed by atoms with Crippen molar-refractivity contribution in [1.29, 1.82) is 5.26 Å². The Bertz CT molecular complexity index is 1070. The second-order valence-electron chi connectivity index (χ2n) is 5.90. The van der Waals surface area contributed by atoms with Crippen LogP contribution >= 0.6 is 11.6 Å². The number of nitrogens with one attached hydrogen (secondary N) is 1. The zero-order valence-electron chi connectivity index (χ0n) is 14.9. The van der Waals surface area contributed by atoms with Gasteiger partial charge < -0.3 is 19.6 Å². The second kappa shape index (κ2) is 8.46. The van der Waals surface area contributed by atoms with Crippen LogP contribution in [0.25, 0.3) is 16.6 Å². The number of hydrogen-bond acceptors (Lipinski definition) is 6. The summed E-state index contributed by atoms with van der Waals surface area (Å²) >= 11 is 5.93. The van der Waals surface area contributed by atoms with Crippen molar-refractivity contribution >= 4 is 34.2 Å². The molecule has 0 aliphatic rings. The van der Waals surface area contributed by atoms with Crippen molar-refractivity contribution in [3.05, 3.63) is 64.6 Å². The summed E-state index contributed by atoms with van der Waals surface area (Å²) in [5, 5.41) is 20.1. The van der Waals surface area contributed by atoms with Crippen molar-refractivity contribution in [3.63, 3.8) is 0 Å². The van der Waals surface area contributed by atoms with E-state index in [2.05, 4.69) is 9.97 Å². The number of nitrogens with zero attached hydrogens (tertiary/aromatic N) is 2. The molecule has 28 heavy (non-hydrogen) atoms. The molecule has 0 saturated carbocycles. The maximum atomic E-state index is 11.8. The van der Waals surface area contributed by atoms with Crippen molar-refractivity contribution < 1.29 is 19.4 Å². The molecule has 0 fully saturated rings. The molecular formula is C20H16ClN3O4. The van der Waals surface area contributed by atoms with Gasteiger partial charge >= 0.3 is 5.97 Å². The third-order valence-corrected chi connectivity index (χ3v) is 4.31. The van der Waals surface area contributed by atoms with E-state index in [1.165, 1.54) is 0 Å². The average Bonchev–Trinajstić information content (AvgIpc) is 3.11. The van der Waals surface area contributed by atoms with Gasteiger partial charge in [0.05, 0.1) is 11.0 Å². The Morgan fingerprint density at radius 1 is 1.29 bits per heavy atom. The zero-order chi connectivity index (χ0) is 20.1. The van der Waals surface area contributed by atoms with E-state index in [4.69, 9.17) is 21.1 Å². The molecule has 1 heterocycles. The van der Waals surface area contributed by atoms with Crippen LogP contribution in [0.3, 0.4) is 0 Å². The minimum atomic E-state index is -0.693. The summed E-state index contributed by atoms with van der Waals surface area (Å²) in [5.74, 6) is -0.429.